The van der Waals surface area contributed by atoms with Gasteiger partial charge in [-0.15, -0.1) is 0 Å². The van der Waals surface area contributed by atoms with Crippen molar-refractivity contribution in [2.45, 2.75) is 285 Å². The van der Waals surface area contributed by atoms with Gasteiger partial charge in [-0.1, -0.05) is 259 Å². The number of amides is 2. The van der Waals surface area contributed by atoms with E-state index >= 15 is 0 Å². The number of nitrogens with one attached hydrogen (secondary N) is 2. The maximum Gasteiger partial charge on any atom is 0.220 e. The minimum absolute atomic E-state index is 0.221. The van der Waals surface area contributed by atoms with E-state index in [0.29, 0.717) is 12.8 Å². The minimum atomic E-state index is 0.221. The largest absolute Gasteiger partial charge is 0.355 e. The van der Waals surface area contributed by atoms with Crippen molar-refractivity contribution >= 4 is 11.8 Å². The molecule has 0 saturated carbocycles. The van der Waals surface area contributed by atoms with Gasteiger partial charge in [0, 0.05) is 39.0 Å². The summed E-state index contributed by atoms with van der Waals surface area (Å²) in [5, 5.41) is 6.05. The monoisotopic (exact) mass is 849 g/mol. The number of hydrogen-bond acceptors (Lipinski definition) is 4. The van der Waals surface area contributed by atoms with E-state index in [1.54, 1.807) is 0 Å². The number of likely N-dealkylation sites (N-methyl/N-ethyl adjacent to an activating group) is 2. The summed E-state index contributed by atoms with van der Waals surface area (Å²) >= 11 is 0. The summed E-state index contributed by atoms with van der Waals surface area (Å²) in [7, 11) is 4.06. The zero-order valence-electron chi connectivity index (χ0n) is 42.2. The quantitative estimate of drug-likeness (QED) is 0.0599. The third-order valence-electron chi connectivity index (χ3n) is 12.5. The van der Waals surface area contributed by atoms with E-state index < -0.39 is 0 Å². The second-order valence-electron chi connectivity index (χ2n) is 18.8. The topological polar surface area (TPSA) is 64.7 Å². The molecule has 0 aliphatic carbocycles. The van der Waals surface area contributed by atoms with Crippen LogP contribution in [0.4, 0.5) is 0 Å². The maximum atomic E-state index is 11.9. The van der Waals surface area contributed by atoms with Gasteiger partial charge in [0.05, 0.1) is 0 Å². The molecule has 0 bridgehead atoms. The van der Waals surface area contributed by atoms with Crippen molar-refractivity contribution in [1.29, 1.82) is 0 Å². The molecule has 0 aromatic carbocycles. The Morgan fingerprint density at radius 3 is 0.750 bits per heavy atom. The average Bonchev–Trinajstić information content (AvgIpc) is 3.24. The van der Waals surface area contributed by atoms with Gasteiger partial charge in [-0.2, -0.15) is 0 Å². The first-order chi connectivity index (χ1) is 29.4. The fraction of sp³-hybridized carbons (Fsp3) is 0.963. The Morgan fingerprint density at radius 1 is 0.317 bits per heavy atom. The van der Waals surface area contributed by atoms with Crippen molar-refractivity contribution in [1.82, 2.24) is 20.4 Å². The maximum absolute atomic E-state index is 11.9. The van der Waals surface area contributed by atoms with Gasteiger partial charge in [0.25, 0.3) is 0 Å². The van der Waals surface area contributed by atoms with Crippen LogP contribution in [0.5, 0.6) is 0 Å². The molecule has 0 aromatic rings. The van der Waals surface area contributed by atoms with Crippen LogP contribution in [0, 0.1) is 0 Å². The van der Waals surface area contributed by atoms with Crippen molar-refractivity contribution in [3.05, 3.63) is 0 Å². The van der Waals surface area contributed by atoms with Gasteiger partial charge in [0.1, 0.15) is 0 Å². The highest BCUT2D eigenvalue weighted by Crippen LogP contribution is 2.16. The molecule has 0 aromatic heterocycles. The second-order valence-corrected chi connectivity index (χ2v) is 18.8. The van der Waals surface area contributed by atoms with Crippen molar-refractivity contribution in [2.75, 3.05) is 53.4 Å². The van der Waals surface area contributed by atoms with E-state index in [-0.39, 0.29) is 11.8 Å². The zero-order valence-corrected chi connectivity index (χ0v) is 42.2. The molecule has 0 rings (SSSR count). The van der Waals surface area contributed by atoms with Crippen molar-refractivity contribution in [2.24, 2.45) is 0 Å². The first-order valence-electron chi connectivity index (χ1n) is 27.3. The van der Waals surface area contributed by atoms with Crippen LogP contribution in [-0.2, 0) is 9.59 Å². The van der Waals surface area contributed by atoms with E-state index in [4.69, 9.17) is 0 Å². The van der Waals surface area contributed by atoms with Gasteiger partial charge in [0.15, 0.2) is 0 Å². The number of nitrogens with zero attached hydrogens (tertiary/aromatic N) is 2. The fourth-order valence-electron chi connectivity index (χ4n) is 8.22. The molecule has 2 N–H and O–H groups in total. The lowest BCUT2D eigenvalue weighted by molar-refractivity contribution is -0.122. The van der Waals surface area contributed by atoms with Crippen LogP contribution < -0.4 is 10.6 Å². The zero-order chi connectivity index (χ0) is 44.3. The van der Waals surface area contributed by atoms with Gasteiger partial charge in [-0.05, 0) is 40.0 Å². The van der Waals surface area contributed by atoms with Crippen LogP contribution in [0.25, 0.3) is 0 Å². The summed E-state index contributed by atoms with van der Waals surface area (Å²) in [6.45, 7) is 14.5. The van der Waals surface area contributed by atoms with Crippen LogP contribution in [-0.4, -0.2) is 75.0 Å². The van der Waals surface area contributed by atoms with E-state index in [9.17, 15) is 9.59 Å². The van der Waals surface area contributed by atoms with E-state index in [0.717, 1.165) is 52.1 Å². The number of hydrogen-bond donors (Lipinski definition) is 2. The summed E-state index contributed by atoms with van der Waals surface area (Å²) in [5.41, 5.74) is 0. The average molecular weight is 850 g/mol. The lowest BCUT2D eigenvalue weighted by atomic mass is 10.0. The van der Waals surface area contributed by atoms with Crippen molar-refractivity contribution < 1.29 is 9.59 Å². The molecule has 6 nitrogen and oxygen atoms in total. The number of rotatable bonds is 48. The van der Waals surface area contributed by atoms with Crippen LogP contribution in [0.15, 0.2) is 0 Å². The molecule has 2 amide bonds. The molecule has 360 valence electrons. The van der Waals surface area contributed by atoms with E-state index in [2.05, 4.69) is 48.1 Å². The smallest absolute Gasteiger partial charge is 0.220 e. The Labute approximate surface area is 378 Å². The molecule has 0 saturated heterocycles. The first-order valence-corrected chi connectivity index (χ1v) is 27.3. The molecule has 0 atom stereocenters. The van der Waals surface area contributed by atoms with Gasteiger partial charge >= 0.3 is 0 Å². The second kappa shape index (κ2) is 54.0. The molecule has 0 spiro atoms. The lowest BCUT2D eigenvalue weighted by Gasteiger charge is -2.17. The Balaban J connectivity index is 0. The van der Waals surface area contributed by atoms with E-state index in [1.165, 1.54) is 231 Å². The highest BCUT2D eigenvalue weighted by atomic mass is 16.2. The third kappa shape index (κ3) is 54.9. The molecule has 0 radical (unpaired) electrons. The number of carbonyl (C=O) groups is 2. The normalized spacial score (nSPS) is 11.3. The summed E-state index contributed by atoms with van der Waals surface area (Å²) in [5.74, 6) is 0.456. The molecule has 0 fully saturated rings. The highest BCUT2D eigenvalue weighted by Gasteiger charge is 2.04. The summed E-state index contributed by atoms with van der Waals surface area (Å²) in [4.78, 5) is 28.0. The predicted octanol–water partition coefficient (Wildman–Crippen LogP) is 15.8. The summed E-state index contributed by atoms with van der Waals surface area (Å²) in [6, 6.07) is 0. The van der Waals surface area contributed by atoms with Gasteiger partial charge in [0.2, 0.25) is 11.8 Å². The van der Waals surface area contributed by atoms with Crippen molar-refractivity contribution in [3.63, 3.8) is 0 Å². The lowest BCUT2D eigenvalue weighted by Crippen LogP contribution is -2.34. The van der Waals surface area contributed by atoms with Gasteiger partial charge < -0.3 is 20.4 Å². The fourth-order valence-corrected chi connectivity index (χ4v) is 8.22. The number of unbranched alkanes of at least 4 members (excludes halogenated alkanes) is 36. The summed E-state index contributed by atoms with van der Waals surface area (Å²) in [6.07, 6.45) is 54.3. The SMILES string of the molecule is CCCCCCCCCCCCCCCCCCCCCC(=O)NCCN(C)C.CCCCCCCCCCCCCCCCCCCCCC(=O)NCCN(CC)CC. The molecular formula is C54H112N4O2. The molecule has 0 aliphatic heterocycles. The Hall–Kier alpha value is -1.14. The third-order valence-corrected chi connectivity index (χ3v) is 12.5. The minimum Gasteiger partial charge on any atom is -0.355 e. The van der Waals surface area contributed by atoms with E-state index in [1.807, 2.05) is 14.1 Å². The standard InChI is InChI=1S/C28H58N2O.C26H54N2O/c1-4-7-8-9-10-11-12-13-14-15-16-17-18-19-20-21-22-23-24-25-28(31)29-26-27-30(5-2)6-3;1-4-5-6-7-8-9-10-11-12-13-14-15-16-17-18-19-20-21-22-23-26(29)27-24-25-28(2)3/h4-27H2,1-3H3,(H,29,31);4-25H2,1-3H3,(H,27,29). The van der Waals surface area contributed by atoms with Gasteiger partial charge in [-0.25, -0.2) is 0 Å². The van der Waals surface area contributed by atoms with Gasteiger partial charge in [-0.3, -0.25) is 9.59 Å². The molecule has 0 unspecified atom stereocenters. The molecular weight excluding hydrogens is 737 g/mol. The molecule has 0 aliphatic rings. The predicted molar refractivity (Wildman–Crippen MR) is 268 cm³/mol. The van der Waals surface area contributed by atoms with Crippen LogP contribution in [0.2, 0.25) is 0 Å². The van der Waals surface area contributed by atoms with Crippen LogP contribution >= 0.6 is 0 Å². The molecule has 0 heterocycles. The van der Waals surface area contributed by atoms with Crippen LogP contribution in [0.3, 0.4) is 0 Å². The van der Waals surface area contributed by atoms with Crippen molar-refractivity contribution in [3.8, 4) is 0 Å². The Morgan fingerprint density at radius 2 is 0.533 bits per heavy atom. The first kappa shape index (κ1) is 60.9. The number of carbonyl (C=O) groups excluding carboxylic acids is 2. The van der Waals surface area contributed by atoms with Crippen LogP contribution in [0.1, 0.15) is 285 Å². The Kier molecular flexibility index (Phi) is 54.8. The molecule has 60 heavy (non-hydrogen) atoms. The molecule has 6 heteroatoms. The Bertz CT molecular complexity index is 818. The summed E-state index contributed by atoms with van der Waals surface area (Å²) < 4.78 is 0. The highest BCUT2D eigenvalue weighted by molar-refractivity contribution is 5.76.